The zero-order valence-corrected chi connectivity index (χ0v) is 8.04. The van der Waals surface area contributed by atoms with E-state index < -0.39 is 17.6 Å². The van der Waals surface area contributed by atoms with Gasteiger partial charge in [0.1, 0.15) is 11.6 Å². The van der Waals surface area contributed by atoms with E-state index in [0.29, 0.717) is 0 Å². The largest absolute Gasteiger partial charge is 0.481 e. The van der Waals surface area contributed by atoms with Crippen LogP contribution in [0.5, 0.6) is 0 Å². The van der Waals surface area contributed by atoms with E-state index >= 15 is 0 Å². The number of hydrogen-bond acceptors (Lipinski definition) is 3. The van der Waals surface area contributed by atoms with Crippen LogP contribution in [0.2, 0.25) is 0 Å². The highest BCUT2D eigenvalue weighted by atomic mass is 19.1. The van der Waals surface area contributed by atoms with Gasteiger partial charge in [0.05, 0.1) is 11.6 Å². The van der Waals surface area contributed by atoms with E-state index in [-0.39, 0.29) is 29.4 Å². The van der Waals surface area contributed by atoms with Crippen LogP contribution in [0.1, 0.15) is 12.0 Å². The van der Waals surface area contributed by atoms with Crippen LogP contribution in [0.25, 0.3) is 11.0 Å². The van der Waals surface area contributed by atoms with Crippen molar-refractivity contribution in [3.63, 3.8) is 0 Å². The number of nitrogens with zero attached hydrogens (tertiary/aromatic N) is 1. The van der Waals surface area contributed by atoms with Gasteiger partial charge in [0.15, 0.2) is 5.58 Å². The predicted molar refractivity (Wildman–Crippen MR) is 49.9 cm³/mol. The maximum atomic E-state index is 13.7. The summed E-state index contributed by atoms with van der Waals surface area (Å²) in [5, 5.41) is 11.9. The number of hydrogen-bond donors (Lipinski definition) is 1. The number of aromatic nitrogens is 1. The maximum absolute atomic E-state index is 13.7. The molecule has 0 aliphatic carbocycles. The molecule has 2 aromatic rings. The zero-order chi connectivity index (χ0) is 11.7. The van der Waals surface area contributed by atoms with Gasteiger partial charge in [-0.3, -0.25) is 4.79 Å². The fourth-order valence-corrected chi connectivity index (χ4v) is 1.45. The lowest BCUT2D eigenvalue weighted by Crippen LogP contribution is -2.02. The van der Waals surface area contributed by atoms with Crippen LogP contribution in [0.15, 0.2) is 16.8 Å². The normalized spacial score (nSPS) is 10.9. The molecule has 4 nitrogen and oxygen atoms in total. The Labute approximate surface area is 88.5 Å². The molecule has 0 radical (unpaired) electrons. The Morgan fingerprint density at radius 3 is 2.94 bits per heavy atom. The highest BCUT2D eigenvalue weighted by Crippen LogP contribution is 2.24. The fourth-order valence-electron chi connectivity index (χ4n) is 1.45. The molecule has 0 atom stereocenters. The lowest BCUT2D eigenvalue weighted by molar-refractivity contribution is -0.136. The molecule has 0 spiro atoms. The molecule has 0 unspecified atom stereocenters. The highest BCUT2D eigenvalue weighted by Gasteiger charge is 2.16. The molecule has 1 heterocycles. The van der Waals surface area contributed by atoms with Crippen molar-refractivity contribution < 1.29 is 23.2 Å². The molecule has 6 heteroatoms. The summed E-state index contributed by atoms with van der Waals surface area (Å²) in [5.41, 5.74) is -0.243. The van der Waals surface area contributed by atoms with Gasteiger partial charge in [0.2, 0.25) is 0 Å². The molecule has 0 amide bonds. The van der Waals surface area contributed by atoms with E-state index in [9.17, 15) is 13.6 Å². The van der Waals surface area contributed by atoms with Crippen molar-refractivity contribution in [3.05, 3.63) is 29.5 Å². The topological polar surface area (TPSA) is 63.3 Å². The van der Waals surface area contributed by atoms with Gasteiger partial charge >= 0.3 is 5.97 Å². The molecule has 2 rings (SSSR count). The predicted octanol–water partition coefficient (Wildman–Crippen LogP) is 2.12. The van der Waals surface area contributed by atoms with Gasteiger partial charge in [-0.1, -0.05) is 5.16 Å². The third kappa shape index (κ3) is 1.73. The molecule has 0 saturated heterocycles. The van der Waals surface area contributed by atoms with Crippen LogP contribution in [-0.2, 0) is 11.2 Å². The number of halogens is 2. The monoisotopic (exact) mass is 227 g/mol. The lowest BCUT2D eigenvalue weighted by atomic mass is 10.1. The van der Waals surface area contributed by atoms with Gasteiger partial charge in [-0.05, 0) is 6.42 Å². The summed E-state index contributed by atoms with van der Waals surface area (Å²) in [7, 11) is 0. The summed E-state index contributed by atoms with van der Waals surface area (Å²) >= 11 is 0. The number of carbonyl (C=O) groups is 1. The second-order valence-corrected chi connectivity index (χ2v) is 3.28. The van der Waals surface area contributed by atoms with Gasteiger partial charge in [-0.2, -0.15) is 0 Å². The summed E-state index contributed by atoms with van der Waals surface area (Å²) in [6, 6.07) is 1.00. The summed E-state index contributed by atoms with van der Waals surface area (Å²) in [6.45, 7) is 0. The van der Waals surface area contributed by atoms with Crippen LogP contribution in [0.4, 0.5) is 8.78 Å². The molecule has 0 saturated carbocycles. The number of rotatable bonds is 3. The Morgan fingerprint density at radius 1 is 1.50 bits per heavy atom. The standard InChI is InChI=1S/C10H7F2NO3/c11-7-3-8-6(4-13-16-8)10(12)5(7)1-2-9(14)15/h3-4H,1-2H2,(H,14,15). The Balaban J connectivity index is 2.46. The van der Waals surface area contributed by atoms with Gasteiger partial charge in [-0.25, -0.2) is 8.78 Å². The average Bonchev–Trinajstić information content (AvgIpc) is 2.64. The van der Waals surface area contributed by atoms with Crippen LogP contribution >= 0.6 is 0 Å². The minimum atomic E-state index is -1.11. The van der Waals surface area contributed by atoms with Gasteiger partial charge < -0.3 is 9.63 Å². The van der Waals surface area contributed by atoms with E-state index in [1.54, 1.807) is 0 Å². The van der Waals surface area contributed by atoms with Crippen LogP contribution in [-0.4, -0.2) is 16.2 Å². The minimum Gasteiger partial charge on any atom is -0.481 e. The van der Waals surface area contributed by atoms with E-state index in [4.69, 9.17) is 5.11 Å². The van der Waals surface area contributed by atoms with Crippen molar-refractivity contribution in [2.75, 3.05) is 0 Å². The van der Waals surface area contributed by atoms with Crippen molar-refractivity contribution in [1.29, 1.82) is 0 Å². The van der Waals surface area contributed by atoms with Gasteiger partial charge in [0, 0.05) is 18.1 Å². The van der Waals surface area contributed by atoms with E-state index in [1.807, 2.05) is 0 Å². The number of carboxylic acids is 1. The lowest BCUT2D eigenvalue weighted by Gasteiger charge is -2.03. The first kappa shape index (κ1) is 10.5. The van der Waals surface area contributed by atoms with Crippen LogP contribution < -0.4 is 0 Å². The first-order chi connectivity index (χ1) is 7.59. The maximum Gasteiger partial charge on any atom is 0.303 e. The first-order valence-electron chi connectivity index (χ1n) is 4.52. The van der Waals surface area contributed by atoms with Gasteiger partial charge in [0.25, 0.3) is 0 Å². The summed E-state index contributed by atoms with van der Waals surface area (Å²) < 4.78 is 31.7. The highest BCUT2D eigenvalue weighted by molar-refractivity contribution is 5.78. The summed E-state index contributed by atoms with van der Waals surface area (Å²) in [6.07, 6.45) is 0.604. The molecular weight excluding hydrogens is 220 g/mol. The number of benzene rings is 1. The molecule has 0 aliphatic heterocycles. The van der Waals surface area contributed by atoms with E-state index in [1.165, 1.54) is 0 Å². The third-order valence-corrected chi connectivity index (χ3v) is 2.23. The second kappa shape index (κ2) is 3.88. The Hall–Kier alpha value is -1.98. The Kier molecular flexibility index (Phi) is 2.55. The number of carboxylic acid groups (broad SMARTS) is 1. The molecule has 0 fully saturated rings. The first-order valence-corrected chi connectivity index (χ1v) is 4.52. The molecule has 1 aromatic heterocycles. The van der Waals surface area contributed by atoms with E-state index in [2.05, 4.69) is 9.68 Å². The molecule has 0 bridgehead atoms. The molecular formula is C10H7F2NO3. The van der Waals surface area contributed by atoms with Crippen molar-refractivity contribution in [3.8, 4) is 0 Å². The molecule has 1 aromatic carbocycles. The van der Waals surface area contributed by atoms with Gasteiger partial charge in [-0.15, -0.1) is 0 Å². The number of fused-ring (bicyclic) bond motifs is 1. The fraction of sp³-hybridized carbons (Fsp3) is 0.200. The molecule has 0 aliphatic rings. The Morgan fingerprint density at radius 2 is 2.25 bits per heavy atom. The SMILES string of the molecule is O=C(O)CCc1c(F)cc2oncc2c1F. The quantitative estimate of drug-likeness (QED) is 0.872. The van der Waals surface area contributed by atoms with Crippen LogP contribution in [0, 0.1) is 11.6 Å². The van der Waals surface area contributed by atoms with Crippen molar-refractivity contribution in [2.45, 2.75) is 12.8 Å². The Bertz CT molecular complexity index is 550. The average molecular weight is 227 g/mol. The van der Waals surface area contributed by atoms with Crippen molar-refractivity contribution >= 4 is 16.9 Å². The molecule has 84 valence electrons. The summed E-state index contributed by atoms with van der Waals surface area (Å²) in [4.78, 5) is 10.3. The number of aliphatic carboxylic acids is 1. The minimum absolute atomic E-state index is 0.00840. The van der Waals surface area contributed by atoms with Crippen LogP contribution in [0.3, 0.4) is 0 Å². The summed E-state index contributed by atoms with van der Waals surface area (Å²) in [5.74, 6) is -2.73. The second-order valence-electron chi connectivity index (χ2n) is 3.28. The van der Waals surface area contributed by atoms with E-state index in [0.717, 1.165) is 12.3 Å². The molecule has 1 N–H and O–H groups in total. The zero-order valence-electron chi connectivity index (χ0n) is 8.04. The molecule has 16 heavy (non-hydrogen) atoms. The smallest absolute Gasteiger partial charge is 0.303 e. The van der Waals surface area contributed by atoms with Crippen molar-refractivity contribution in [1.82, 2.24) is 5.16 Å². The third-order valence-electron chi connectivity index (χ3n) is 2.23. The van der Waals surface area contributed by atoms with Crippen molar-refractivity contribution in [2.24, 2.45) is 0 Å².